The highest BCUT2D eigenvalue weighted by Crippen LogP contribution is 2.44. The van der Waals surface area contributed by atoms with E-state index in [-0.39, 0.29) is 18.3 Å². The molecule has 32 heavy (non-hydrogen) atoms. The summed E-state index contributed by atoms with van der Waals surface area (Å²) in [6.07, 6.45) is 2.28. The number of amides is 1. The average molecular weight is 430 g/mol. The van der Waals surface area contributed by atoms with E-state index in [4.69, 9.17) is 14.8 Å². The lowest BCUT2D eigenvalue weighted by molar-refractivity contribution is -0.120. The first-order valence-corrected chi connectivity index (χ1v) is 10.4. The van der Waals surface area contributed by atoms with Gasteiger partial charge in [-0.2, -0.15) is 5.10 Å². The summed E-state index contributed by atoms with van der Waals surface area (Å²) in [6.45, 7) is 2.97. The minimum absolute atomic E-state index is 0.101. The quantitative estimate of drug-likeness (QED) is 0.537. The van der Waals surface area contributed by atoms with Crippen molar-refractivity contribution in [3.05, 3.63) is 65.2 Å². The second kappa shape index (κ2) is 6.89. The third kappa shape index (κ3) is 2.67. The van der Waals surface area contributed by atoms with Gasteiger partial charge in [-0.05, 0) is 31.5 Å². The van der Waals surface area contributed by atoms with Crippen molar-refractivity contribution in [1.29, 1.82) is 0 Å². The molecule has 3 aromatic heterocycles. The Kier molecular flexibility index (Phi) is 4.09. The Labute approximate surface area is 182 Å². The Bertz CT molecular complexity index is 1390. The highest BCUT2D eigenvalue weighted by atomic mass is 19.1. The zero-order chi connectivity index (χ0) is 21.9. The van der Waals surface area contributed by atoms with E-state index < -0.39 is 5.41 Å². The van der Waals surface area contributed by atoms with Crippen LogP contribution in [0.2, 0.25) is 0 Å². The third-order valence-electron chi connectivity index (χ3n) is 6.25. The Morgan fingerprint density at radius 2 is 2.09 bits per heavy atom. The number of pyridine rings is 1. The number of ether oxygens (including phenoxy) is 1. The fourth-order valence-corrected chi connectivity index (χ4v) is 4.70. The van der Waals surface area contributed by atoms with Crippen molar-refractivity contribution in [2.75, 3.05) is 18.5 Å². The maximum atomic E-state index is 14.3. The molecule has 1 saturated heterocycles. The number of carbonyl (C=O) groups is 1. The Balaban J connectivity index is 1.49. The number of aryl methyl sites for hydroxylation is 1. The first kappa shape index (κ1) is 19.0. The van der Waals surface area contributed by atoms with Gasteiger partial charge in [0.1, 0.15) is 22.7 Å². The van der Waals surface area contributed by atoms with Crippen LogP contribution in [0, 0.1) is 12.7 Å². The van der Waals surface area contributed by atoms with Crippen LogP contribution in [0.1, 0.15) is 23.2 Å². The van der Waals surface area contributed by atoms with Crippen LogP contribution in [0.5, 0.6) is 0 Å². The number of fused-ring (bicyclic) bond motifs is 3. The lowest BCUT2D eigenvalue weighted by atomic mass is 9.81. The number of halogens is 1. The number of nitrogens with zero attached hydrogens (tertiary/aromatic N) is 5. The lowest BCUT2D eigenvalue weighted by Gasteiger charge is -2.19. The summed E-state index contributed by atoms with van der Waals surface area (Å²) in [5.74, 6) is 0.493. The third-order valence-corrected chi connectivity index (χ3v) is 6.25. The molecular weight excluding hydrogens is 411 g/mol. The molecule has 6 rings (SSSR count). The Hall–Kier alpha value is -3.72. The molecule has 2 aliphatic rings. The van der Waals surface area contributed by atoms with E-state index in [9.17, 15) is 9.18 Å². The number of carbonyl (C=O) groups excluding carboxylic acids is 1. The van der Waals surface area contributed by atoms with E-state index in [1.165, 1.54) is 6.07 Å². The van der Waals surface area contributed by atoms with Gasteiger partial charge in [0.25, 0.3) is 0 Å². The molecule has 0 aliphatic carbocycles. The van der Waals surface area contributed by atoms with Crippen molar-refractivity contribution in [2.45, 2.75) is 25.3 Å². The lowest BCUT2D eigenvalue weighted by Crippen LogP contribution is -2.35. The van der Waals surface area contributed by atoms with Gasteiger partial charge in [0, 0.05) is 29.6 Å². The molecule has 0 bridgehead atoms. The number of nitrogens with one attached hydrogen (secondary N) is 1. The summed E-state index contributed by atoms with van der Waals surface area (Å²) < 4.78 is 21.4. The first-order chi connectivity index (χ1) is 15.6. The molecule has 1 spiro atoms. The van der Waals surface area contributed by atoms with Gasteiger partial charge in [0.2, 0.25) is 5.91 Å². The molecular formula is C23H19FN6O2. The van der Waals surface area contributed by atoms with Gasteiger partial charge in [-0.3, -0.25) is 4.79 Å². The Morgan fingerprint density at radius 3 is 2.91 bits per heavy atom. The van der Waals surface area contributed by atoms with E-state index >= 15 is 0 Å². The predicted molar refractivity (Wildman–Crippen MR) is 115 cm³/mol. The van der Waals surface area contributed by atoms with E-state index in [2.05, 4.69) is 15.3 Å². The number of hydrogen-bond acceptors (Lipinski definition) is 6. The van der Waals surface area contributed by atoms with Gasteiger partial charge in [0.15, 0.2) is 11.5 Å². The standard InChI is InChI=1S/C23H19FN6O2/c1-13-17-19(28-22(31)23(17)8-10-32-12-23)27-20(26-13)18-15-6-4-9-25-21(15)30(29-18)11-14-5-2-3-7-16(14)24/h2-7,9H,8,10-12H2,1H3,(H,26,27,28,31). The van der Waals surface area contributed by atoms with Crippen molar-refractivity contribution in [1.82, 2.24) is 24.7 Å². The molecule has 9 heteroatoms. The van der Waals surface area contributed by atoms with E-state index in [1.807, 2.05) is 19.1 Å². The van der Waals surface area contributed by atoms with Crippen LogP contribution in [0.3, 0.4) is 0 Å². The molecule has 0 saturated carbocycles. The number of aromatic nitrogens is 5. The predicted octanol–water partition coefficient (Wildman–Crippen LogP) is 2.99. The molecule has 1 amide bonds. The number of rotatable bonds is 3. The van der Waals surface area contributed by atoms with Gasteiger partial charge in [-0.1, -0.05) is 18.2 Å². The van der Waals surface area contributed by atoms with E-state index in [1.54, 1.807) is 29.1 Å². The highest BCUT2D eigenvalue weighted by molar-refractivity contribution is 6.06. The van der Waals surface area contributed by atoms with Crippen LogP contribution in [0.25, 0.3) is 22.6 Å². The maximum absolute atomic E-state index is 14.3. The van der Waals surface area contributed by atoms with Crippen molar-refractivity contribution in [2.24, 2.45) is 0 Å². The normalized spacial score (nSPS) is 19.6. The topological polar surface area (TPSA) is 94.8 Å². The minimum Gasteiger partial charge on any atom is -0.380 e. The molecule has 5 heterocycles. The van der Waals surface area contributed by atoms with Crippen molar-refractivity contribution in [3.63, 3.8) is 0 Å². The molecule has 1 fully saturated rings. The van der Waals surface area contributed by atoms with Gasteiger partial charge in [-0.15, -0.1) is 0 Å². The SMILES string of the molecule is Cc1nc(-c2nn(Cc3ccccc3F)c3ncccc23)nc2c1C1(CCOC1)C(=O)N2. The van der Waals surface area contributed by atoms with Crippen molar-refractivity contribution in [3.8, 4) is 11.5 Å². The summed E-state index contributed by atoms with van der Waals surface area (Å²) in [6, 6.07) is 10.3. The minimum atomic E-state index is -0.717. The molecule has 1 N–H and O–H groups in total. The second-order valence-corrected chi connectivity index (χ2v) is 8.17. The second-order valence-electron chi connectivity index (χ2n) is 8.17. The zero-order valence-electron chi connectivity index (χ0n) is 17.3. The number of anilines is 1. The van der Waals surface area contributed by atoms with Crippen LogP contribution < -0.4 is 5.32 Å². The van der Waals surface area contributed by atoms with Crippen LogP contribution in [0.15, 0.2) is 42.6 Å². The molecule has 2 aliphatic heterocycles. The summed E-state index contributed by atoms with van der Waals surface area (Å²) in [5, 5.41) is 8.37. The zero-order valence-corrected chi connectivity index (χ0v) is 17.3. The first-order valence-electron chi connectivity index (χ1n) is 10.4. The molecule has 160 valence electrons. The summed E-state index contributed by atoms with van der Waals surface area (Å²) in [7, 11) is 0. The highest BCUT2D eigenvalue weighted by Gasteiger charge is 2.52. The van der Waals surface area contributed by atoms with E-state index in [0.29, 0.717) is 48.2 Å². The van der Waals surface area contributed by atoms with E-state index in [0.717, 1.165) is 16.6 Å². The summed E-state index contributed by atoms with van der Waals surface area (Å²) in [5.41, 5.74) is 2.46. The van der Waals surface area contributed by atoms with Gasteiger partial charge >= 0.3 is 0 Å². The van der Waals surface area contributed by atoms with Gasteiger partial charge in [-0.25, -0.2) is 24.0 Å². The van der Waals surface area contributed by atoms with Crippen LogP contribution in [-0.4, -0.2) is 43.9 Å². The van der Waals surface area contributed by atoms with Crippen LogP contribution in [-0.2, 0) is 21.5 Å². The van der Waals surface area contributed by atoms with Crippen molar-refractivity contribution < 1.29 is 13.9 Å². The molecule has 1 atom stereocenters. The van der Waals surface area contributed by atoms with Gasteiger partial charge in [0.05, 0.1) is 18.5 Å². The molecule has 0 radical (unpaired) electrons. The average Bonchev–Trinajstić information content (AvgIpc) is 3.48. The summed E-state index contributed by atoms with van der Waals surface area (Å²) >= 11 is 0. The van der Waals surface area contributed by atoms with Gasteiger partial charge < -0.3 is 10.1 Å². The number of hydrogen-bond donors (Lipinski definition) is 1. The fourth-order valence-electron chi connectivity index (χ4n) is 4.70. The Morgan fingerprint density at radius 1 is 1.22 bits per heavy atom. The maximum Gasteiger partial charge on any atom is 0.238 e. The largest absolute Gasteiger partial charge is 0.380 e. The summed E-state index contributed by atoms with van der Waals surface area (Å²) in [4.78, 5) is 26.6. The molecule has 4 aromatic rings. The van der Waals surface area contributed by atoms with Crippen LogP contribution in [0.4, 0.5) is 10.2 Å². The monoisotopic (exact) mass is 430 g/mol. The molecule has 8 nitrogen and oxygen atoms in total. The number of benzene rings is 1. The van der Waals surface area contributed by atoms with Crippen molar-refractivity contribution >= 4 is 22.8 Å². The molecule has 1 aromatic carbocycles. The smallest absolute Gasteiger partial charge is 0.238 e. The molecule has 1 unspecified atom stereocenters. The fraction of sp³-hybridized carbons (Fsp3) is 0.261. The van der Waals surface area contributed by atoms with Crippen LogP contribution >= 0.6 is 0 Å².